The molecule has 0 amide bonds. The van der Waals surface area contributed by atoms with Crippen LogP contribution in [0.1, 0.15) is 15.9 Å². The van der Waals surface area contributed by atoms with Crippen LogP contribution in [0.4, 0.5) is 0 Å². The van der Waals surface area contributed by atoms with E-state index in [1.807, 2.05) is 0 Å². The number of allylic oxidation sites excluding steroid dienone is 1. The molecule has 5 heteroatoms. The fraction of sp³-hybridized carbons (Fsp3) is 0.167. The lowest BCUT2D eigenvalue weighted by Gasteiger charge is -2.08. The Bertz CT molecular complexity index is 734. The fourth-order valence-corrected chi connectivity index (χ4v) is 2.06. The summed E-state index contributed by atoms with van der Waals surface area (Å²) in [5.41, 5.74) is 1.23. The Balaban J connectivity index is 2.21. The summed E-state index contributed by atoms with van der Waals surface area (Å²) in [7, 11) is 4.53. The summed E-state index contributed by atoms with van der Waals surface area (Å²) in [6.45, 7) is 0. The second-order valence-corrected chi connectivity index (χ2v) is 4.70. The highest BCUT2D eigenvalue weighted by Gasteiger charge is 2.08. The second-order valence-electron chi connectivity index (χ2n) is 4.70. The summed E-state index contributed by atoms with van der Waals surface area (Å²) < 4.78 is 15.4. The van der Waals surface area contributed by atoms with Gasteiger partial charge in [-0.3, -0.25) is 4.79 Å². The molecule has 1 N–H and O–H groups in total. The van der Waals surface area contributed by atoms with E-state index in [-0.39, 0.29) is 11.5 Å². The van der Waals surface area contributed by atoms with Crippen molar-refractivity contribution in [1.29, 1.82) is 0 Å². The number of phenolic OH excluding ortho intramolecular Hbond substituents is 1. The number of ketones is 1. The molecule has 0 saturated carbocycles. The van der Waals surface area contributed by atoms with Crippen LogP contribution >= 0.6 is 0 Å². The molecule has 5 nitrogen and oxygen atoms in total. The minimum atomic E-state index is -0.169. The van der Waals surface area contributed by atoms with Gasteiger partial charge in [0.25, 0.3) is 0 Å². The highest BCUT2D eigenvalue weighted by molar-refractivity contribution is 6.07. The van der Waals surface area contributed by atoms with E-state index < -0.39 is 0 Å². The van der Waals surface area contributed by atoms with Crippen molar-refractivity contribution in [3.63, 3.8) is 0 Å². The maximum atomic E-state index is 12.2. The first-order valence-electron chi connectivity index (χ1n) is 6.90. The predicted octanol–water partition coefficient (Wildman–Crippen LogP) is 3.31. The van der Waals surface area contributed by atoms with E-state index in [1.54, 1.807) is 36.4 Å². The van der Waals surface area contributed by atoms with Crippen molar-refractivity contribution in [2.75, 3.05) is 21.3 Å². The van der Waals surface area contributed by atoms with Gasteiger partial charge in [0.05, 0.1) is 21.3 Å². The van der Waals surface area contributed by atoms with Gasteiger partial charge >= 0.3 is 0 Å². The van der Waals surface area contributed by atoms with Gasteiger partial charge < -0.3 is 19.3 Å². The van der Waals surface area contributed by atoms with Crippen molar-refractivity contribution < 1.29 is 24.1 Å². The second kappa shape index (κ2) is 7.35. The van der Waals surface area contributed by atoms with E-state index in [9.17, 15) is 9.90 Å². The summed E-state index contributed by atoms with van der Waals surface area (Å²) in [5.74, 6) is 1.30. The number of methoxy groups -OCH3 is 3. The van der Waals surface area contributed by atoms with Crippen molar-refractivity contribution in [2.45, 2.75) is 0 Å². The molecule has 0 heterocycles. The van der Waals surface area contributed by atoms with Crippen molar-refractivity contribution in [3.8, 4) is 23.0 Å². The molecule has 0 aromatic heterocycles. The SMILES string of the molecule is COc1cc(/C=C/C(=O)c2ccc(OC)c(OC)c2)ccc1O. The van der Waals surface area contributed by atoms with Gasteiger partial charge in [0.1, 0.15) is 0 Å². The number of aromatic hydroxyl groups is 1. The molecule has 0 radical (unpaired) electrons. The van der Waals surface area contributed by atoms with E-state index in [1.165, 1.54) is 33.5 Å². The third-order valence-electron chi connectivity index (χ3n) is 3.30. The van der Waals surface area contributed by atoms with Gasteiger partial charge in [0.15, 0.2) is 28.8 Å². The van der Waals surface area contributed by atoms with Crippen LogP contribution in [0.3, 0.4) is 0 Å². The monoisotopic (exact) mass is 314 g/mol. The van der Waals surface area contributed by atoms with Crippen LogP contribution < -0.4 is 14.2 Å². The van der Waals surface area contributed by atoms with E-state index in [0.717, 1.165) is 5.56 Å². The molecule has 0 aliphatic heterocycles. The lowest BCUT2D eigenvalue weighted by Crippen LogP contribution is -1.97. The third kappa shape index (κ3) is 3.83. The Morgan fingerprint density at radius 1 is 0.913 bits per heavy atom. The smallest absolute Gasteiger partial charge is 0.185 e. The molecule has 120 valence electrons. The maximum absolute atomic E-state index is 12.2. The average molecular weight is 314 g/mol. The molecule has 2 aromatic carbocycles. The Morgan fingerprint density at radius 2 is 1.61 bits per heavy atom. The van der Waals surface area contributed by atoms with Crippen molar-refractivity contribution >= 4 is 11.9 Å². The zero-order chi connectivity index (χ0) is 16.8. The van der Waals surface area contributed by atoms with Crippen molar-refractivity contribution in [1.82, 2.24) is 0 Å². The summed E-state index contributed by atoms with van der Waals surface area (Å²) in [4.78, 5) is 12.2. The molecule has 2 rings (SSSR count). The lowest BCUT2D eigenvalue weighted by atomic mass is 10.1. The minimum absolute atomic E-state index is 0.0517. The normalized spacial score (nSPS) is 10.6. The molecule has 0 fully saturated rings. The lowest BCUT2D eigenvalue weighted by molar-refractivity contribution is 0.104. The Labute approximate surface area is 134 Å². The number of carbonyl (C=O) groups is 1. The molecule has 0 aliphatic carbocycles. The molecular weight excluding hydrogens is 296 g/mol. The molecule has 0 saturated heterocycles. The third-order valence-corrected chi connectivity index (χ3v) is 3.30. The van der Waals surface area contributed by atoms with Crippen LogP contribution in [-0.4, -0.2) is 32.2 Å². The number of hydrogen-bond donors (Lipinski definition) is 1. The summed E-state index contributed by atoms with van der Waals surface area (Å²) in [5, 5.41) is 9.56. The van der Waals surface area contributed by atoms with Crippen LogP contribution in [0, 0.1) is 0 Å². The molecule has 0 unspecified atom stereocenters. The van der Waals surface area contributed by atoms with Gasteiger partial charge in [-0.2, -0.15) is 0 Å². The molecule has 0 bridgehead atoms. The van der Waals surface area contributed by atoms with Gasteiger partial charge in [0.2, 0.25) is 0 Å². The van der Waals surface area contributed by atoms with Gasteiger partial charge in [-0.05, 0) is 42.0 Å². The number of phenols is 1. The Hall–Kier alpha value is -2.95. The largest absolute Gasteiger partial charge is 0.504 e. The molecule has 0 atom stereocenters. The van der Waals surface area contributed by atoms with E-state index in [0.29, 0.717) is 22.8 Å². The van der Waals surface area contributed by atoms with Crippen LogP contribution in [0.15, 0.2) is 42.5 Å². The highest BCUT2D eigenvalue weighted by Crippen LogP contribution is 2.28. The number of carbonyl (C=O) groups excluding carboxylic acids is 1. The van der Waals surface area contributed by atoms with Crippen LogP contribution in [0.2, 0.25) is 0 Å². The van der Waals surface area contributed by atoms with Gasteiger partial charge in [-0.1, -0.05) is 12.1 Å². The summed E-state index contributed by atoms with van der Waals surface area (Å²) >= 11 is 0. The van der Waals surface area contributed by atoms with E-state index >= 15 is 0 Å². The number of benzene rings is 2. The first-order valence-corrected chi connectivity index (χ1v) is 6.90. The summed E-state index contributed by atoms with van der Waals surface area (Å²) in [6, 6.07) is 9.83. The number of rotatable bonds is 6. The van der Waals surface area contributed by atoms with E-state index in [2.05, 4.69) is 0 Å². The molecule has 0 spiro atoms. The maximum Gasteiger partial charge on any atom is 0.185 e. The van der Waals surface area contributed by atoms with Gasteiger partial charge in [-0.25, -0.2) is 0 Å². The van der Waals surface area contributed by atoms with Crippen LogP contribution in [0.5, 0.6) is 23.0 Å². The predicted molar refractivity (Wildman–Crippen MR) is 87.6 cm³/mol. The van der Waals surface area contributed by atoms with Crippen LogP contribution in [0.25, 0.3) is 6.08 Å². The standard InChI is InChI=1S/C18H18O5/c1-21-16-9-6-13(11-18(16)23-3)14(19)7-4-12-5-8-15(20)17(10-12)22-2/h4-11,20H,1-3H3/b7-4+. The molecule has 2 aromatic rings. The zero-order valence-electron chi connectivity index (χ0n) is 13.2. The van der Waals surface area contributed by atoms with Crippen molar-refractivity contribution in [3.05, 3.63) is 53.6 Å². The Kier molecular flexibility index (Phi) is 5.25. The van der Waals surface area contributed by atoms with Gasteiger partial charge in [-0.15, -0.1) is 0 Å². The number of hydrogen-bond acceptors (Lipinski definition) is 5. The first-order chi connectivity index (χ1) is 11.1. The summed E-state index contributed by atoms with van der Waals surface area (Å²) in [6.07, 6.45) is 3.11. The minimum Gasteiger partial charge on any atom is -0.504 e. The molecular formula is C18H18O5. The molecule has 0 aliphatic rings. The number of ether oxygens (including phenoxy) is 3. The van der Waals surface area contributed by atoms with E-state index in [4.69, 9.17) is 14.2 Å². The first kappa shape index (κ1) is 16.4. The van der Waals surface area contributed by atoms with Crippen LogP contribution in [-0.2, 0) is 0 Å². The average Bonchev–Trinajstić information content (AvgIpc) is 2.59. The van der Waals surface area contributed by atoms with Gasteiger partial charge in [0, 0.05) is 5.56 Å². The molecule has 23 heavy (non-hydrogen) atoms. The quantitative estimate of drug-likeness (QED) is 0.654. The van der Waals surface area contributed by atoms with Crippen molar-refractivity contribution in [2.24, 2.45) is 0 Å². The highest BCUT2D eigenvalue weighted by atomic mass is 16.5. The zero-order valence-corrected chi connectivity index (χ0v) is 13.2. The fourth-order valence-electron chi connectivity index (χ4n) is 2.06. The topological polar surface area (TPSA) is 65.0 Å². The Morgan fingerprint density at radius 3 is 2.26 bits per heavy atom.